The van der Waals surface area contributed by atoms with Gasteiger partial charge in [0.25, 0.3) is 5.91 Å². The SMILES string of the molecule is Cc1ccc(-n2nc(C(=O)N3CCC(CN)C3)c3c2CCC3)c(F)c1.Cl. The number of hydrogen-bond acceptors (Lipinski definition) is 3. The quantitative estimate of drug-likeness (QED) is 0.893. The summed E-state index contributed by atoms with van der Waals surface area (Å²) in [6.07, 6.45) is 3.58. The van der Waals surface area contributed by atoms with Crippen LogP contribution in [-0.4, -0.2) is 40.2 Å². The highest BCUT2D eigenvalue weighted by molar-refractivity contribution is 5.94. The number of rotatable bonds is 3. The molecule has 0 saturated carbocycles. The topological polar surface area (TPSA) is 64.2 Å². The van der Waals surface area contributed by atoms with Crippen molar-refractivity contribution < 1.29 is 9.18 Å². The molecule has 1 aromatic heterocycles. The molecule has 1 saturated heterocycles. The number of carbonyl (C=O) groups is 1. The van der Waals surface area contributed by atoms with Gasteiger partial charge in [-0.15, -0.1) is 12.4 Å². The Labute approximate surface area is 158 Å². The lowest BCUT2D eigenvalue weighted by atomic mass is 10.1. The van der Waals surface area contributed by atoms with Crippen LogP contribution in [0.3, 0.4) is 0 Å². The number of carbonyl (C=O) groups excluding carboxylic acids is 1. The Hall–Kier alpha value is -1.92. The monoisotopic (exact) mass is 378 g/mol. The maximum atomic E-state index is 14.4. The van der Waals surface area contributed by atoms with Gasteiger partial charge in [-0.2, -0.15) is 5.10 Å². The lowest BCUT2D eigenvalue weighted by Crippen LogP contribution is -2.30. The lowest BCUT2D eigenvalue weighted by molar-refractivity contribution is 0.0780. The minimum Gasteiger partial charge on any atom is -0.337 e. The Bertz CT molecular complexity index is 835. The predicted molar refractivity (Wildman–Crippen MR) is 101 cm³/mol. The number of aryl methyl sites for hydroxylation is 1. The Morgan fingerprint density at radius 1 is 1.38 bits per heavy atom. The minimum absolute atomic E-state index is 0. The zero-order chi connectivity index (χ0) is 17.6. The first-order valence-corrected chi connectivity index (χ1v) is 8.95. The number of nitrogens with two attached hydrogens (primary N) is 1. The Morgan fingerprint density at radius 3 is 2.88 bits per heavy atom. The van der Waals surface area contributed by atoms with Gasteiger partial charge in [0.2, 0.25) is 0 Å². The van der Waals surface area contributed by atoms with E-state index < -0.39 is 0 Å². The molecule has 1 fully saturated rings. The molecular formula is C19H24ClFN4O. The van der Waals surface area contributed by atoms with Gasteiger partial charge < -0.3 is 10.6 Å². The second-order valence-electron chi connectivity index (χ2n) is 7.14. The van der Waals surface area contributed by atoms with Crippen molar-refractivity contribution in [3.05, 3.63) is 46.5 Å². The average molecular weight is 379 g/mol. The van der Waals surface area contributed by atoms with Crippen molar-refractivity contribution >= 4 is 18.3 Å². The molecule has 1 unspecified atom stereocenters. The number of hydrogen-bond donors (Lipinski definition) is 1. The van der Waals surface area contributed by atoms with E-state index in [2.05, 4.69) is 5.10 Å². The van der Waals surface area contributed by atoms with E-state index >= 15 is 0 Å². The van der Waals surface area contributed by atoms with Gasteiger partial charge in [-0.05, 0) is 62.8 Å². The molecule has 5 nitrogen and oxygen atoms in total. The van der Waals surface area contributed by atoms with E-state index in [4.69, 9.17) is 5.73 Å². The summed E-state index contributed by atoms with van der Waals surface area (Å²) in [6.45, 7) is 3.87. The molecule has 2 aromatic rings. The van der Waals surface area contributed by atoms with Crippen LogP contribution < -0.4 is 5.73 Å². The number of nitrogens with zero attached hydrogens (tertiary/aromatic N) is 3. The summed E-state index contributed by atoms with van der Waals surface area (Å²) in [7, 11) is 0. The molecule has 1 aromatic carbocycles. The van der Waals surface area contributed by atoms with Gasteiger partial charge in [-0.25, -0.2) is 9.07 Å². The van der Waals surface area contributed by atoms with Crippen LogP contribution in [-0.2, 0) is 12.8 Å². The molecule has 0 bridgehead atoms. The first-order valence-electron chi connectivity index (χ1n) is 8.95. The van der Waals surface area contributed by atoms with E-state index in [0.29, 0.717) is 30.4 Å². The summed E-state index contributed by atoms with van der Waals surface area (Å²) in [5, 5.41) is 4.54. The fourth-order valence-corrected chi connectivity index (χ4v) is 3.95. The van der Waals surface area contributed by atoms with Crippen molar-refractivity contribution in [3.63, 3.8) is 0 Å². The van der Waals surface area contributed by atoms with E-state index in [0.717, 1.165) is 49.0 Å². The van der Waals surface area contributed by atoms with Crippen molar-refractivity contribution in [1.29, 1.82) is 0 Å². The van der Waals surface area contributed by atoms with Crippen LogP contribution in [0.5, 0.6) is 0 Å². The van der Waals surface area contributed by atoms with Crippen molar-refractivity contribution in [2.45, 2.75) is 32.6 Å². The Balaban J connectivity index is 0.00000196. The fraction of sp³-hybridized carbons (Fsp3) is 0.474. The number of likely N-dealkylation sites (tertiary alicyclic amines) is 1. The smallest absolute Gasteiger partial charge is 0.274 e. The van der Waals surface area contributed by atoms with Crippen LogP contribution >= 0.6 is 12.4 Å². The van der Waals surface area contributed by atoms with Crippen LogP contribution in [0.2, 0.25) is 0 Å². The normalized spacial score (nSPS) is 18.7. The highest BCUT2D eigenvalue weighted by Gasteiger charge is 2.33. The third-order valence-electron chi connectivity index (χ3n) is 5.37. The van der Waals surface area contributed by atoms with E-state index in [1.165, 1.54) is 6.07 Å². The van der Waals surface area contributed by atoms with Crippen LogP contribution in [0.15, 0.2) is 18.2 Å². The molecule has 1 aliphatic heterocycles. The molecule has 2 N–H and O–H groups in total. The molecule has 26 heavy (non-hydrogen) atoms. The summed E-state index contributed by atoms with van der Waals surface area (Å²) in [4.78, 5) is 14.8. The number of fused-ring (bicyclic) bond motifs is 1. The Kier molecular flexibility index (Phi) is 5.34. The molecule has 7 heteroatoms. The maximum absolute atomic E-state index is 14.4. The van der Waals surface area contributed by atoms with Gasteiger partial charge in [0, 0.05) is 24.3 Å². The summed E-state index contributed by atoms with van der Waals surface area (Å²) in [5.41, 5.74) is 9.47. The molecule has 140 valence electrons. The van der Waals surface area contributed by atoms with Gasteiger partial charge in [-0.3, -0.25) is 4.79 Å². The Morgan fingerprint density at radius 2 is 2.19 bits per heavy atom. The van der Waals surface area contributed by atoms with Crippen molar-refractivity contribution in [3.8, 4) is 5.69 Å². The minimum atomic E-state index is -0.305. The zero-order valence-electron chi connectivity index (χ0n) is 14.9. The number of benzene rings is 1. The molecule has 2 heterocycles. The van der Waals surface area contributed by atoms with Crippen LogP contribution in [0.1, 0.15) is 40.2 Å². The number of aromatic nitrogens is 2. The van der Waals surface area contributed by atoms with E-state index in [9.17, 15) is 9.18 Å². The van der Waals surface area contributed by atoms with Crippen LogP contribution in [0.4, 0.5) is 4.39 Å². The summed E-state index contributed by atoms with van der Waals surface area (Å²) in [5.74, 6) is 0.0227. The van der Waals surface area contributed by atoms with Gasteiger partial charge in [-0.1, -0.05) is 6.07 Å². The molecule has 4 rings (SSSR count). The summed E-state index contributed by atoms with van der Waals surface area (Å²) >= 11 is 0. The van der Waals surface area contributed by atoms with E-state index in [-0.39, 0.29) is 24.1 Å². The largest absolute Gasteiger partial charge is 0.337 e. The standard InChI is InChI=1S/C19H23FN4O.ClH/c1-12-5-6-17(15(20)9-12)24-16-4-2-3-14(16)18(22-24)19(25)23-8-7-13(10-21)11-23;/h5-6,9,13H,2-4,7-8,10-11,21H2,1H3;1H. The second kappa shape index (κ2) is 7.37. The maximum Gasteiger partial charge on any atom is 0.274 e. The average Bonchev–Trinajstić information content (AvgIpc) is 3.31. The lowest BCUT2D eigenvalue weighted by Gasteiger charge is -2.15. The summed E-state index contributed by atoms with van der Waals surface area (Å²) in [6, 6.07) is 5.12. The van der Waals surface area contributed by atoms with Crippen LogP contribution in [0.25, 0.3) is 5.69 Å². The molecule has 1 aliphatic carbocycles. The molecule has 1 amide bonds. The van der Waals surface area contributed by atoms with Gasteiger partial charge >= 0.3 is 0 Å². The molecule has 0 radical (unpaired) electrons. The molecular weight excluding hydrogens is 355 g/mol. The molecule has 1 atom stereocenters. The molecule has 0 spiro atoms. The number of amides is 1. The first-order chi connectivity index (χ1) is 12.1. The zero-order valence-corrected chi connectivity index (χ0v) is 15.7. The molecule has 2 aliphatic rings. The van der Waals surface area contributed by atoms with Crippen molar-refractivity contribution in [1.82, 2.24) is 14.7 Å². The van der Waals surface area contributed by atoms with E-state index in [1.807, 2.05) is 17.9 Å². The van der Waals surface area contributed by atoms with E-state index in [1.54, 1.807) is 10.7 Å². The fourth-order valence-electron chi connectivity index (χ4n) is 3.95. The third kappa shape index (κ3) is 3.12. The predicted octanol–water partition coefficient (Wildman–Crippen LogP) is 2.65. The number of halogens is 2. The van der Waals surface area contributed by atoms with Crippen LogP contribution in [0, 0.1) is 18.7 Å². The van der Waals surface area contributed by atoms with Gasteiger partial charge in [0.1, 0.15) is 11.5 Å². The van der Waals surface area contributed by atoms with Gasteiger partial charge in [0.05, 0.1) is 0 Å². The summed E-state index contributed by atoms with van der Waals surface area (Å²) < 4.78 is 16.1. The highest BCUT2D eigenvalue weighted by atomic mass is 35.5. The first kappa shape index (κ1) is 18.9. The highest BCUT2D eigenvalue weighted by Crippen LogP contribution is 2.30. The van der Waals surface area contributed by atoms with Crippen molar-refractivity contribution in [2.24, 2.45) is 11.7 Å². The third-order valence-corrected chi connectivity index (χ3v) is 5.37. The second-order valence-corrected chi connectivity index (χ2v) is 7.14. The van der Waals surface area contributed by atoms with Crippen molar-refractivity contribution in [2.75, 3.05) is 19.6 Å². The van der Waals surface area contributed by atoms with Gasteiger partial charge in [0.15, 0.2) is 5.69 Å².